The molecule has 6 unspecified atom stereocenters. The van der Waals surface area contributed by atoms with Gasteiger partial charge in [0.25, 0.3) is 0 Å². The molecule has 0 amide bonds. The Morgan fingerprint density at radius 3 is 3.13 bits per heavy atom. The Kier molecular flexibility index (Phi) is 1.49. The SMILES string of the molecule is CC=CC1CC2CC1C1CC=CC3CC321. The van der Waals surface area contributed by atoms with Crippen LogP contribution < -0.4 is 0 Å². The van der Waals surface area contributed by atoms with E-state index in [1.807, 2.05) is 0 Å². The second kappa shape index (κ2) is 2.59. The molecule has 2 bridgehead atoms. The standard InChI is InChI=1S/C15H20/c1-2-4-10-7-12-8-13(10)14-6-3-5-11-9-15(11,12)14/h2-5,10-14H,6-9H2,1H3. The molecule has 0 aliphatic heterocycles. The van der Waals surface area contributed by atoms with E-state index in [2.05, 4.69) is 31.2 Å². The minimum Gasteiger partial charge on any atom is -0.0914 e. The Balaban J connectivity index is 1.70. The Morgan fingerprint density at radius 1 is 1.33 bits per heavy atom. The van der Waals surface area contributed by atoms with Crippen LogP contribution in [-0.2, 0) is 0 Å². The zero-order chi connectivity index (χ0) is 10.0. The highest BCUT2D eigenvalue weighted by atomic mass is 14.7. The molecule has 4 aliphatic rings. The molecule has 0 radical (unpaired) electrons. The van der Waals surface area contributed by atoms with Crippen molar-refractivity contribution in [1.29, 1.82) is 0 Å². The molecule has 0 aromatic rings. The second-order valence-corrected chi connectivity index (χ2v) is 6.22. The summed E-state index contributed by atoms with van der Waals surface area (Å²) in [7, 11) is 0. The molecule has 4 aliphatic carbocycles. The van der Waals surface area contributed by atoms with Gasteiger partial charge in [0.15, 0.2) is 0 Å². The van der Waals surface area contributed by atoms with E-state index in [4.69, 9.17) is 0 Å². The molecule has 0 N–H and O–H groups in total. The smallest absolute Gasteiger partial charge is 0.0165 e. The van der Waals surface area contributed by atoms with Crippen molar-refractivity contribution in [2.45, 2.75) is 32.6 Å². The van der Waals surface area contributed by atoms with Gasteiger partial charge >= 0.3 is 0 Å². The monoisotopic (exact) mass is 200 g/mol. The van der Waals surface area contributed by atoms with Gasteiger partial charge in [0.2, 0.25) is 0 Å². The van der Waals surface area contributed by atoms with E-state index in [1.54, 1.807) is 6.42 Å². The van der Waals surface area contributed by atoms with Gasteiger partial charge in [-0.25, -0.2) is 0 Å². The normalized spacial score (nSPS) is 59.7. The van der Waals surface area contributed by atoms with E-state index in [0.29, 0.717) is 0 Å². The van der Waals surface area contributed by atoms with E-state index in [-0.39, 0.29) is 0 Å². The van der Waals surface area contributed by atoms with Gasteiger partial charge < -0.3 is 0 Å². The molecular weight excluding hydrogens is 180 g/mol. The van der Waals surface area contributed by atoms with Crippen LogP contribution in [0.5, 0.6) is 0 Å². The maximum Gasteiger partial charge on any atom is -0.0165 e. The molecule has 6 atom stereocenters. The van der Waals surface area contributed by atoms with Gasteiger partial charge in [-0.1, -0.05) is 24.3 Å². The molecule has 4 rings (SSSR count). The first-order chi connectivity index (χ1) is 7.36. The molecular formula is C15H20. The first-order valence-corrected chi connectivity index (χ1v) is 6.65. The lowest BCUT2D eigenvalue weighted by atomic mass is 9.67. The van der Waals surface area contributed by atoms with Crippen molar-refractivity contribution in [2.75, 3.05) is 0 Å². The summed E-state index contributed by atoms with van der Waals surface area (Å²) in [6.07, 6.45) is 15.8. The van der Waals surface area contributed by atoms with Gasteiger partial charge in [0.05, 0.1) is 0 Å². The van der Waals surface area contributed by atoms with Gasteiger partial charge in [0, 0.05) is 0 Å². The van der Waals surface area contributed by atoms with Gasteiger partial charge in [-0.15, -0.1) is 0 Å². The molecule has 3 fully saturated rings. The van der Waals surface area contributed by atoms with E-state index >= 15 is 0 Å². The number of rotatable bonds is 1. The number of hydrogen-bond acceptors (Lipinski definition) is 0. The molecule has 0 heteroatoms. The quantitative estimate of drug-likeness (QED) is 0.565. The number of allylic oxidation sites excluding steroid dienone is 4. The average molecular weight is 200 g/mol. The van der Waals surface area contributed by atoms with Crippen LogP contribution in [0, 0.1) is 35.0 Å². The van der Waals surface area contributed by atoms with Crippen LogP contribution >= 0.6 is 0 Å². The first-order valence-electron chi connectivity index (χ1n) is 6.65. The zero-order valence-corrected chi connectivity index (χ0v) is 9.52. The fraction of sp³-hybridized carbons (Fsp3) is 0.733. The van der Waals surface area contributed by atoms with Crippen LogP contribution in [0.2, 0.25) is 0 Å². The lowest BCUT2D eigenvalue weighted by Gasteiger charge is -2.37. The molecule has 0 heterocycles. The molecule has 0 aromatic carbocycles. The van der Waals surface area contributed by atoms with Gasteiger partial charge in [-0.3, -0.25) is 0 Å². The fourth-order valence-electron chi connectivity index (χ4n) is 5.42. The summed E-state index contributed by atoms with van der Waals surface area (Å²) >= 11 is 0. The van der Waals surface area contributed by atoms with Crippen molar-refractivity contribution >= 4 is 0 Å². The summed E-state index contributed by atoms with van der Waals surface area (Å²) in [5.74, 6) is 5.12. The zero-order valence-electron chi connectivity index (χ0n) is 9.52. The minimum atomic E-state index is 0.831. The van der Waals surface area contributed by atoms with Gasteiger partial charge in [0.1, 0.15) is 0 Å². The Hall–Kier alpha value is -0.520. The van der Waals surface area contributed by atoms with Crippen LogP contribution in [0.25, 0.3) is 0 Å². The summed E-state index contributed by atoms with van der Waals surface area (Å²) < 4.78 is 0. The predicted octanol–water partition coefficient (Wildman–Crippen LogP) is 3.80. The van der Waals surface area contributed by atoms with Gasteiger partial charge in [-0.05, 0) is 67.6 Å². The van der Waals surface area contributed by atoms with E-state index in [0.717, 1.165) is 35.0 Å². The second-order valence-electron chi connectivity index (χ2n) is 6.22. The van der Waals surface area contributed by atoms with Crippen molar-refractivity contribution in [1.82, 2.24) is 0 Å². The van der Waals surface area contributed by atoms with Crippen LogP contribution in [0.15, 0.2) is 24.3 Å². The van der Waals surface area contributed by atoms with Crippen LogP contribution in [0.3, 0.4) is 0 Å². The maximum absolute atomic E-state index is 2.53. The van der Waals surface area contributed by atoms with E-state index in [9.17, 15) is 0 Å². The van der Waals surface area contributed by atoms with Crippen LogP contribution in [0.1, 0.15) is 32.6 Å². The molecule has 80 valence electrons. The third kappa shape index (κ3) is 0.859. The lowest BCUT2D eigenvalue weighted by molar-refractivity contribution is 0.150. The van der Waals surface area contributed by atoms with E-state index in [1.165, 1.54) is 19.3 Å². The Labute approximate surface area is 92.4 Å². The molecule has 0 saturated heterocycles. The number of fused-ring (bicyclic) bond motifs is 3. The predicted molar refractivity (Wildman–Crippen MR) is 62.3 cm³/mol. The van der Waals surface area contributed by atoms with Gasteiger partial charge in [-0.2, -0.15) is 0 Å². The Bertz CT molecular complexity index is 351. The van der Waals surface area contributed by atoms with Crippen molar-refractivity contribution in [3.8, 4) is 0 Å². The third-order valence-electron chi connectivity index (χ3n) is 5.93. The largest absolute Gasteiger partial charge is 0.0914 e. The molecule has 3 saturated carbocycles. The van der Waals surface area contributed by atoms with Crippen molar-refractivity contribution in [2.24, 2.45) is 35.0 Å². The molecule has 0 aromatic heterocycles. The Morgan fingerprint density at radius 2 is 2.27 bits per heavy atom. The summed E-state index contributed by atoms with van der Waals surface area (Å²) in [5, 5.41) is 0. The van der Waals surface area contributed by atoms with Crippen molar-refractivity contribution in [3.05, 3.63) is 24.3 Å². The van der Waals surface area contributed by atoms with Crippen LogP contribution in [0.4, 0.5) is 0 Å². The topological polar surface area (TPSA) is 0 Å². The summed E-state index contributed by atoms with van der Waals surface area (Å²) in [4.78, 5) is 0. The maximum atomic E-state index is 2.53. The van der Waals surface area contributed by atoms with Crippen LogP contribution in [-0.4, -0.2) is 0 Å². The molecule has 15 heavy (non-hydrogen) atoms. The first kappa shape index (κ1) is 8.61. The summed E-state index contributed by atoms with van der Waals surface area (Å²) in [6.45, 7) is 2.18. The average Bonchev–Trinajstić information content (AvgIpc) is 2.74. The van der Waals surface area contributed by atoms with E-state index < -0.39 is 0 Å². The highest BCUT2D eigenvalue weighted by Crippen LogP contribution is 2.78. The number of hydrogen-bond donors (Lipinski definition) is 0. The highest BCUT2D eigenvalue weighted by molar-refractivity contribution is 5.28. The van der Waals surface area contributed by atoms with Crippen molar-refractivity contribution < 1.29 is 0 Å². The highest BCUT2D eigenvalue weighted by Gasteiger charge is 2.71. The van der Waals surface area contributed by atoms with Crippen molar-refractivity contribution in [3.63, 3.8) is 0 Å². The minimum absolute atomic E-state index is 0.831. The molecule has 1 spiro atoms. The summed E-state index contributed by atoms with van der Waals surface area (Å²) in [6, 6.07) is 0. The third-order valence-corrected chi connectivity index (χ3v) is 5.93. The lowest BCUT2D eigenvalue weighted by Crippen LogP contribution is -2.31. The summed E-state index contributed by atoms with van der Waals surface area (Å²) in [5.41, 5.74) is 0.831. The molecule has 0 nitrogen and oxygen atoms in total. The fourth-order valence-corrected chi connectivity index (χ4v) is 5.42.